The Bertz CT molecular complexity index is 148. The van der Waals surface area contributed by atoms with E-state index < -0.39 is 0 Å². The van der Waals surface area contributed by atoms with Crippen molar-refractivity contribution in [2.75, 3.05) is 13.1 Å². The summed E-state index contributed by atoms with van der Waals surface area (Å²) in [5, 5.41) is 2.72. The second-order valence-corrected chi connectivity index (χ2v) is 2.36. The number of fused-ring (bicyclic) bond motifs is 1. The van der Waals surface area contributed by atoms with E-state index in [4.69, 9.17) is 4.84 Å². The van der Waals surface area contributed by atoms with Crippen molar-refractivity contribution in [3.63, 3.8) is 0 Å². The molecule has 2 aliphatic heterocycles. The lowest BCUT2D eigenvalue weighted by atomic mass is 10.1. The van der Waals surface area contributed by atoms with Crippen LogP contribution in [0.25, 0.3) is 0 Å². The van der Waals surface area contributed by atoms with E-state index in [1.165, 1.54) is 0 Å². The van der Waals surface area contributed by atoms with E-state index in [0.29, 0.717) is 13.1 Å². The summed E-state index contributed by atoms with van der Waals surface area (Å²) in [6.07, 6.45) is 0.0810. The molecule has 0 bridgehead atoms. The van der Waals surface area contributed by atoms with Gasteiger partial charge in [0.25, 0.3) is 0 Å². The molecule has 0 saturated carbocycles. The van der Waals surface area contributed by atoms with Crippen LogP contribution in [0.2, 0.25) is 0 Å². The number of nitrogens with one attached hydrogen (secondary N) is 2. The molecule has 2 saturated heterocycles. The maximum absolute atomic E-state index is 10.8. The molecule has 2 heterocycles. The standard InChI is InChI=1S/C5H8N2O2/c8-5-3-1-7-9-4(3)2-6-5/h3-4,7H,1-2H2,(H,6,8). The van der Waals surface area contributed by atoms with E-state index in [0.717, 1.165) is 0 Å². The number of hydroxylamine groups is 1. The van der Waals surface area contributed by atoms with Crippen molar-refractivity contribution >= 4 is 5.91 Å². The zero-order valence-corrected chi connectivity index (χ0v) is 4.89. The van der Waals surface area contributed by atoms with Gasteiger partial charge in [0.05, 0.1) is 5.92 Å². The van der Waals surface area contributed by atoms with Crippen molar-refractivity contribution in [1.29, 1.82) is 0 Å². The van der Waals surface area contributed by atoms with Gasteiger partial charge in [0.2, 0.25) is 5.91 Å². The molecule has 2 fully saturated rings. The van der Waals surface area contributed by atoms with E-state index in [1.54, 1.807) is 0 Å². The first-order chi connectivity index (χ1) is 4.38. The molecule has 4 nitrogen and oxygen atoms in total. The second kappa shape index (κ2) is 1.68. The second-order valence-electron chi connectivity index (χ2n) is 2.36. The molecule has 4 heteroatoms. The number of amides is 1. The summed E-state index contributed by atoms with van der Waals surface area (Å²) in [6, 6.07) is 0. The monoisotopic (exact) mass is 128 g/mol. The minimum Gasteiger partial charge on any atom is -0.353 e. The number of hydrogen-bond acceptors (Lipinski definition) is 3. The van der Waals surface area contributed by atoms with Gasteiger partial charge in [0.1, 0.15) is 6.10 Å². The first kappa shape index (κ1) is 5.20. The van der Waals surface area contributed by atoms with Crippen LogP contribution in [0.4, 0.5) is 0 Å². The molecular formula is C5H8N2O2. The smallest absolute Gasteiger partial charge is 0.227 e. The fraction of sp³-hybridized carbons (Fsp3) is 0.800. The van der Waals surface area contributed by atoms with Gasteiger partial charge in [-0.3, -0.25) is 9.63 Å². The van der Waals surface area contributed by atoms with Crippen LogP contribution in [0.15, 0.2) is 0 Å². The topological polar surface area (TPSA) is 50.4 Å². The van der Waals surface area contributed by atoms with E-state index in [2.05, 4.69) is 10.8 Å². The Balaban J connectivity index is 2.15. The Kier molecular flexibility index (Phi) is 0.972. The van der Waals surface area contributed by atoms with Crippen LogP contribution < -0.4 is 10.8 Å². The molecule has 0 aromatic rings. The SMILES string of the molecule is O=C1NCC2ONCC12. The van der Waals surface area contributed by atoms with E-state index >= 15 is 0 Å². The van der Waals surface area contributed by atoms with Gasteiger partial charge in [-0.25, -0.2) is 5.48 Å². The summed E-state index contributed by atoms with van der Waals surface area (Å²) in [4.78, 5) is 15.8. The van der Waals surface area contributed by atoms with Crippen molar-refractivity contribution in [1.82, 2.24) is 10.8 Å². The summed E-state index contributed by atoms with van der Waals surface area (Å²) < 4.78 is 0. The highest BCUT2D eigenvalue weighted by molar-refractivity contribution is 5.82. The number of rotatable bonds is 0. The predicted octanol–water partition coefficient (Wildman–Crippen LogP) is -1.36. The van der Waals surface area contributed by atoms with Crippen molar-refractivity contribution in [2.45, 2.75) is 6.10 Å². The zero-order chi connectivity index (χ0) is 6.27. The fourth-order valence-electron chi connectivity index (χ4n) is 1.24. The molecular weight excluding hydrogens is 120 g/mol. The van der Waals surface area contributed by atoms with Gasteiger partial charge in [0, 0.05) is 13.1 Å². The van der Waals surface area contributed by atoms with Crippen molar-refractivity contribution in [2.24, 2.45) is 5.92 Å². The molecule has 50 valence electrons. The summed E-state index contributed by atoms with van der Waals surface area (Å²) in [5.41, 5.74) is 2.69. The Morgan fingerprint density at radius 2 is 2.44 bits per heavy atom. The molecule has 0 aliphatic carbocycles. The van der Waals surface area contributed by atoms with Crippen LogP contribution in [-0.2, 0) is 9.63 Å². The summed E-state index contributed by atoms with van der Waals surface area (Å²) >= 11 is 0. The van der Waals surface area contributed by atoms with Gasteiger partial charge < -0.3 is 5.32 Å². The molecule has 2 rings (SSSR count). The molecule has 2 unspecified atom stereocenters. The summed E-state index contributed by atoms with van der Waals surface area (Å²) in [6.45, 7) is 1.33. The van der Waals surface area contributed by atoms with Crippen molar-refractivity contribution in [3.05, 3.63) is 0 Å². The van der Waals surface area contributed by atoms with Gasteiger partial charge in [-0.15, -0.1) is 0 Å². The molecule has 0 aromatic heterocycles. The van der Waals surface area contributed by atoms with Gasteiger partial charge in [-0.1, -0.05) is 0 Å². The normalized spacial score (nSPS) is 40.7. The summed E-state index contributed by atoms with van der Waals surface area (Å²) in [7, 11) is 0. The van der Waals surface area contributed by atoms with Crippen LogP contribution in [0.1, 0.15) is 0 Å². The lowest BCUT2D eigenvalue weighted by molar-refractivity contribution is -0.122. The Morgan fingerprint density at radius 3 is 3.22 bits per heavy atom. The van der Waals surface area contributed by atoms with E-state index in [-0.39, 0.29) is 17.9 Å². The highest BCUT2D eigenvalue weighted by Gasteiger charge is 2.39. The fourth-order valence-corrected chi connectivity index (χ4v) is 1.24. The van der Waals surface area contributed by atoms with Gasteiger partial charge in [0.15, 0.2) is 0 Å². The minimum atomic E-state index is 0.0602. The first-order valence-corrected chi connectivity index (χ1v) is 3.04. The minimum absolute atomic E-state index is 0.0602. The molecule has 0 aromatic carbocycles. The predicted molar refractivity (Wildman–Crippen MR) is 29.4 cm³/mol. The van der Waals surface area contributed by atoms with E-state index in [1.807, 2.05) is 0 Å². The Morgan fingerprint density at radius 1 is 1.56 bits per heavy atom. The lowest BCUT2D eigenvalue weighted by Gasteiger charge is -1.98. The maximum Gasteiger partial charge on any atom is 0.227 e. The molecule has 0 radical (unpaired) electrons. The zero-order valence-electron chi connectivity index (χ0n) is 4.89. The molecule has 2 N–H and O–H groups in total. The van der Waals surface area contributed by atoms with Crippen LogP contribution in [0, 0.1) is 5.92 Å². The molecule has 1 amide bonds. The Hall–Kier alpha value is -0.610. The van der Waals surface area contributed by atoms with E-state index in [9.17, 15) is 4.79 Å². The van der Waals surface area contributed by atoms with Crippen LogP contribution >= 0.6 is 0 Å². The molecule has 2 atom stereocenters. The van der Waals surface area contributed by atoms with Gasteiger partial charge in [-0.2, -0.15) is 0 Å². The third-order valence-corrected chi connectivity index (χ3v) is 1.80. The third kappa shape index (κ3) is 0.635. The molecule has 9 heavy (non-hydrogen) atoms. The quantitative estimate of drug-likeness (QED) is 0.423. The number of hydrogen-bond donors (Lipinski definition) is 2. The average molecular weight is 128 g/mol. The average Bonchev–Trinajstić information content (AvgIpc) is 2.35. The van der Waals surface area contributed by atoms with Crippen LogP contribution in [0.5, 0.6) is 0 Å². The van der Waals surface area contributed by atoms with Crippen LogP contribution in [0.3, 0.4) is 0 Å². The largest absolute Gasteiger partial charge is 0.353 e. The van der Waals surface area contributed by atoms with Gasteiger partial charge >= 0.3 is 0 Å². The Labute approximate surface area is 52.5 Å². The highest BCUT2D eigenvalue weighted by atomic mass is 16.7. The molecule has 0 spiro atoms. The number of carbonyl (C=O) groups is 1. The first-order valence-electron chi connectivity index (χ1n) is 3.04. The highest BCUT2D eigenvalue weighted by Crippen LogP contribution is 2.16. The van der Waals surface area contributed by atoms with Crippen molar-refractivity contribution in [3.8, 4) is 0 Å². The van der Waals surface area contributed by atoms with Crippen LogP contribution in [-0.4, -0.2) is 25.1 Å². The molecule has 2 aliphatic rings. The maximum atomic E-state index is 10.8. The number of carbonyl (C=O) groups excluding carboxylic acids is 1. The van der Waals surface area contributed by atoms with Gasteiger partial charge in [-0.05, 0) is 0 Å². The third-order valence-electron chi connectivity index (χ3n) is 1.80. The van der Waals surface area contributed by atoms with Crippen molar-refractivity contribution < 1.29 is 9.63 Å². The lowest BCUT2D eigenvalue weighted by Crippen LogP contribution is -2.24. The summed E-state index contributed by atoms with van der Waals surface area (Å²) in [5.74, 6) is 0.176.